The summed E-state index contributed by atoms with van der Waals surface area (Å²) >= 11 is 0. The van der Waals surface area contributed by atoms with Crippen LogP contribution in [-0.2, 0) is 4.79 Å². The molecule has 2 heteroatoms. The lowest BCUT2D eigenvalue weighted by Crippen LogP contribution is -1.97. The molecule has 0 aromatic rings. The highest BCUT2D eigenvalue weighted by Gasteiger charge is 2.00. The van der Waals surface area contributed by atoms with Crippen molar-refractivity contribution in [1.82, 2.24) is 0 Å². The van der Waals surface area contributed by atoms with Crippen LogP contribution in [0.3, 0.4) is 0 Å². The Kier molecular flexibility index (Phi) is 4.29. The molecule has 0 spiro atoms. The van der Waals surface area contributed by atoms with Gasteiger partial charge in [0.1, 0.15) is 0 Å². The molecule has 0 rings (SSSR count). The van der Waals surface area contributed by atoms with Gasteiger partial charge in [-0.25, -0.2) is 4.79 Å². The highest BCUT2D eigenvalue weighted by atomic mass is 16.4. The van der Waals surface area contributed by atoms with Gasteiger partial charge in [-0.1, -0.05) is 18.7 Å². The Morgan fingerprint density at radius 3 is 2.70 bits per heavy atom. The quantitative estimate of drug-likeness (QED) is 0.479. The Hall–Kier alpha value is -1.05. The highest BCUT2D eigenvalue weighted by molar-refractivity contribution is 5.85. The Morgan fingerprint density at radius 1 is 1.70 bits per heavy atom. The summed E-state index contributed by atoms with van der Waals surface area (Å²) in [5.41, 5.74) is 0.276. The fourth-order valence-electron chi connectivity index (χ4n) is 0.531. The number of carboxylic acid groups (broad SMARTS) is 1. The second-order valence-corrected chi connectivity index (χ2v) is 2.02. The molecule has 0 saturated carbocycles. The largest absolute Gasteiger partial charge is 0.478 e. The second kappa shape index (κ2) is 4.79. The van der Waals surface area contributed by atoms with Crippen LogP contribution < -0.4 is 0 Å². The van der Waals surface area contributed by atoms with Gasteiger partial charge in [0.15, 0.2) is 0 Å². The van der Waals surface area contributed by atoms with Crippen LogP contribution in [0.15, 0.2) is 24.3 Å². The average molecular weight is 140 g/mol. The lowest BCUT2D eigenvalue weighted by molar-refractivity contribution is -0.132. The summed E-state index contributed by atoms with van der Waals surface area (Å²) in [6.45, 7) is 5.30. The van der Waals surface area contributed by atoms with Crippen LogP contribution in [-0.4, -0.2) is 11.1 Å². The monoisotopic (exact) mass is 140 g/mol. The van der Waals surface area contributed by atoms with Crippen molar-refractivity contribution in [2.45, 2.75) is 19.8 Å². The number of allylic oxidation sites excluding steroid dienone is 2. The molecule has 0 aliphatic heterocycles. The van der Waals surface area contributed by atoms with Crippen LogP contribution in [0.2, 0.25) is 0 Å². The van der Waals surface area contributed by atoms with E-state index in [1.165, 1.54) is 0 Å². The van der Waals surface area contributed by atoms with E-state index in [0.717, 1.165) is 6.42 Å². The molecule has 0 atom stereocenters. The number of carbonyl (C=O) groups is 1. The minimum absolute atomic E-state index is 0.276. The molecule has 10 heavy (non-hydrogen) atoms. The topological polar surface area (TPSA) is 37.3 Å². The predicted molar refractivity (Wildman–Crippen MR) is 40.8 cm³/mol. The maximum atomic E-state index is 10.2. The van der Waals surface area contributed by atoms with Crippen molar-refractivity contribution in [3.05, 3.63) is 24.3 Å². The molecule has 0 unspecified atom stereocenters. The van der Waals surface area contributed by atoms with E-state index in [4.69, 9.17) is 5.11 Å². The number of hydrogen-bond donors (Lipinski definition) is 1. The fourth-order valence-corrected chi connectivity index (χ4v) is 0.531. The molecule has 0 amide bonds. The average Bonchev–Trinajstić information content (AvgIpc) is 1.88. The van der Waals surface area contributed by atoms with E-state index in [2.05, 4.69) is 6.58 Å². The van der Waals surface area contributed by atoms with Gasteiger partial charge in [-0.05, 0) is 19.8 Å². The maximum absolute atomic E-state index is 10.2. The number of hydrogen-bond acceptors (Lipinski definition) is 1. The molecule has 0 aromatic carbocycles. The summed E-state index contributed by atoms with van der Waals surface area (Å²) in [5.74, 6) is -0.899. The molecule has 2 nitrogen and oxygen atoms in total. The van der Waals surface area contributed by atoms with Crippen molar-refractivity contribution in [3.63, 3.8) is 0 Å². The molecule has 0 bridgehead atoms. The third-order valence-corrected chi connectivity index (χ3v) is 1.15. The minimum atomic E-state index is -0.899. The first-order valence-electron chi connectivity index (χ1n) is 3.20. The number of aliphatic carboxylic acids is 1. The standard InChI is InChI=1S/C8H12O2/c1-3-4-5-6-7(2)8(9)10/h3-4H,2,5-6H2,1H3,(H,9,10)/b4-3+. The zero-order chi connectivity index (χ0) is 7.98. The molecule has 56 valence electrons. The Balaban J connectivity index is 3.50. The van der Waals surface area contributed by atoms with E-state index in [1.807, 2.05) is 19.1 Å². The van der Waals surface area contributed by atoms with Crippen molar-refractivity contribution < 1.29 is 9.90 Å². The van der Waals surface area contributed by atoms with Crippen LogP contribution in [0.5, 0.6) is 0 Å². The van der Waals surface area contributed by atoms with E-state index in [9.17, 15) is 4.79 Å². The normalized spacial score (nSPS) is 10.1. The van der Waals surface area contributed by atoms with Gasteiger partial charge in [0.25, 0.3) is 0 Å². The van der Waals surface area contributed by atoms with Gasteiger partial charge in [0.2, 0.25) is 0 Å². The SMILES string of the molecule is C=C(CC/C=C/C)C(=O)O. The van der Waals surface area contributed by atoms with Crippen LogP contribution in [0, 0.1) is 0 Å². The first kappa shape index (κ1) is 8.95. The van der Waals surface area contributed by atoms with E-state index < -0.39 is 5.97 Å². The zero-order valence-corrected chi connectivity index (χ0v) is 6.13. The highest BCUT2D eigenvalue weighted by Crippen LogP contribution is 2.02. The molecule has 0 aliphatic rings. The second-order valence-electron chi connectivity index (χ2n) is 2.02. The number of carboxylic acids is 1. The zero-order valence-electron chi connectivity index (χ0n) is 6.13. The molecule has 0 saturated heterocycles. The summed E-state index contributed by atoms with van der Waals surface area (Å²) in [4.78, 5) is 10.2. The third-order valence-electron chi connectivity index (χ3n) is 1.15. The van der Waals surface area contributed by atoms with Crippen LogP contribution in [0.4, 0.5) is 0 Å². The van der Waals surface area contributed by atoms with Crippen molar-refractivity contribution in [1.29, 1.82) is 0 Å². The van der Waals surface area contributed by atoms with Crippen LogP contribution in [0.1, 0.15) is 19.8 Å². The summed E-state index contributed by atoms with van der Waals surface area (Å²) in [5, 5.41) is 8.36. The molecular formula is C8H12O2. The van der Waals surface area contributed by atoms with Gasteiger partial charge in [-0.15, -0.1) is 0 Å². The van der Waals surface area contributed by atoms with Crippen molar-refractivity contribution in [2.75, 3.05) is 0 Å². The van der Waals surface area contributed by atoms with Crippen molar-refractivity contribution in [2.24, 2.45) is 0 Å². The molecule has 0 aliphatic carbocycles. The van der Waals surface area contributed by atoms with Gasteiger partial charge < -0.3 is 5.11 Å². The number of rotatable bonds is 4. The summed E-state index contributed by atoms with van der Waals surface area (Å²) in [6, 6.07) is 0. The van der Waals surface area contributed by atoms with Gasteiger partial charge in [0.05, 0.1) is 0 Å². The van der Waals surface area contributed by atoms with Crippen molar-refractivity contribution >= 4 is 5.97 Å². The fraction of sp³-hybridized carbons (Fsp3) is 0.375. The molecule has 0 radical (unpaired) electrons. The summed E-state index contributed by atoms with van der Waals surface area (Å²) < 4.78 is 0. The van der Waals surface area contributed by atoms with Gasteiger partial charge in [-0.2, -0.15) is 0 Å². The molecule has 0 heterocycles. The van der Waals surface area contributed by atoms with Gasteiger partial charge in [0, 0.05) is 5.57 Å². The summed E-state index contributed by atoms with van der Waals surface area (Å²) in [7, 11) is 0. The first-order chi connectivity index (χ1) is 4.68. The Bertz CT molecular complexity index is 157. The molecule has 1 N–H and O–H groups in total. The molecular weight excluding hydrogens is 128 g/mol. The Morgan fingerprint density at radius 2 is 2.30 bits per heavy atom. The van der Waals surface area contributed by atoms with Gasteiger partial charge in [-0.3, -0.25) is 0 Å². The van der Waals surface area contributed by atoms with E-state index >= 15 is 0 Å². The van der Waals surface area contributed by atoms with E-state index in [1.54, 1.807) is 0 Å². The smallest absolute Gasteiger partial charge is 0.330 e. The third kappa shape index (κ3) is 3.89. The van der Waals surface area contributed by atoms with Crippen LogP contribution >= 0.6 is 0 Å². The first-order valence-corrected chi connectivity index (χ1v) is 3.20. The van der Waals surface area contributed by atoms with E-state index in [-0.39, 0.29) is 5.57 Å². The minimum Gasteiger partial charge on any atom is -0.478 e. The molecule has 0 fully saturated rings. The van der Waals surface area contributed by atoms with Crippen molar-refractivity contribution in [3.8, 4) is 0 Å². The molecule has 0 aromatic heterocycles. The predicted octanol–water partition coefficient (Wildman–Crippen LogP) is 1.98. The van der Waals surface area contributed by atoms with E-state index in [0.29, 0.717) is 6.42 Å². The Labute approximate surface area is 60.9 Å². The van der Waals surface area contributed by atoms with Crippen LogP contribution in [0.25, 0.3) is 0 Å². The summed E-state index contributed by atoms with van der Waals surface area (Å²) in [6.07, 6.45) is 5.13. The van der Waals surface area contributed by atoms with Gasteiger partial charge >= 0.3 is 5.97 Å². The lowest BCUT2D eigenvalue weighted by Gasteiger charge is -1.93. The maximum Gasteiger partial charge on any atom is 0.330 e. The lowest BCUT2D eigenvalue weighted by atomic mass is 10.1.